The van der Waals surface area contributed by atoms with Crippen LogP contribution in [-0.2, 0) is 11.3 Å². The third-order valence-electron chi connectivity index (χ3n) is 3.97. The van der Waals surface area contributed by atoms with Crippen LogP contribution >= 0.6 is 0 Å². The second-order valence-corrected chi connectivity index (χ2v) is 5.65. The molecule has 1 heterocycles. The zero-order valence-corrected chi connectivity index (χ0v) is 12.2. The van der Waals surface area contributed by atoms with Crippen molar-refractivity contribution in [3.05, 3.63) is 34.9 Å². The summed E-state index contributed by atoms with van der Waals surface area (Å²) in [5.41, 5.74) is 3.79. The van der Waals surface area contributed by atoms with Gasteiger partial charge in [0, 0.05) is 19.5 Å². The van der Waals surface area contributed by atoms with Crippen molar-refractivity contribution in [2.45, 2.75) is 33.2 Å². The molecule has 0 bridgehead atoms. The van der Waals surface area contributed by atoms with Gasteiger partial charge < -0.3 is 10.2 Å². The molecule has 3 heteroatoms. The molecule has 0 aliphatic carbocycles. The van der Waals surface area contributed by atoms with Crippen molar-refractivity contribution in [3.63, 3.8) is 0 Å². The van der Waals surface area contributed by atoms with E-state index >= 15 is 0 Å². The summed E-state index contributed by atoms with van der Waals surface area (Å²) in [6.45, 7) is 6.86. The molecule has 0 unspecified atom stereocenters. The number of carbonyl (C=O) groups excluding carboxylic acids is 1. The Bertz CT molecular complexity index is 450. The van der Waals surface area contributed by atoms with E-state index < -0.39 is 0 Å². The fourth-order valence-corrected chi connectivity index (χ4v) is 2.74. The summed E-state index contributed by atoms with van der Waals surface area (Å²) in [5.74, 6) is 0.499. The fraction of sp³-hybridized carbons (Fsp3) is 0.562. The summed E-state index contributed by atoms with van der Waals surface area (Å²) >= 11 is 0. The minimum Gasteiger partial charge on any atom is -0.341 e. The van der Waals surface area contributed by atoms with E-state index in [1.807, 2.05) is 11.9 Å². The first kappa shape index (κ1) is 14.1. The van der Waals surface area contributed by atoms with Crippen molar-refractivity contribution in [2.24, 2.45) is 5.92 Å². The Morgan fingerprint density at radius 2 is 2.00 bits per heavy atom. The molecule has 1 N–H and O–H groups in total. The highest BCUT2D eigenvalue weighted by molar-refractivity contribution is 5.78. The standard InChI is InChI=1S/C16H24N2O/c1-12-4-5-15(13(2)10-12)11-18(3)16(19)14-6-8-17-9-7-14/h4-5,10,14,17H,6-9,11H2,1-3H3. The lowest BCUT2D eigenvalue weighted by Gasteiger charge is -2.27. The lowest BCUT2D eigenvalue weighted by atomic mass is 9.96. The second kappa shape index (κ2) is 6.20. The minimum atomic E-state index is 0.206. The zero-order chi connectivity index (χ0) is 13.8. The quantitative estimate of drug-likeness (QED) is 0.904. The maximum Gasteiger partial charge on any atom is 0.225 e. The van der Waals surface area contributed by atoms with Crippen molar-refractivity contribution in [1.29, 1.82) is 0 Å². The summed E-state index contributed by atoms with van der Waals surface area (Å²) in [7, 11) is 1.92. The molecule has 1 aromatic carbocycles. The van der Waals surface area contributed by atoms with Crippen molar-refractivity contribution >= 4 is 5.91 Å². The number of aryl methyl sites for hydroxylation is 2. The number of nitrogens with one attached hydrogen (secondary N) is 1. The highest BCUT2D eigenvalue weighted by Crippen LogP contribution is 2.17. The van der Waals surface area contributed by atoms with Gasteiger partial charge in [0.1, 0.15) is 0 Å². The first-order valence-corrected chi connectivity index (χ1v) is 7.10. The Kier molecular flexibility index (Phi) is 4.59. The van der Waals surface area contributed by atoms with Crippen molar-refractivity contribution in [2.75, 3.05) is 20.1 Å². The lowest BCUT2D eigenvalue weighted by Crippen LogP contribution is -2.39. The van der Waals surface area contributed by atoms with Crippen LogP contribution in [0.15, 0.2) is 18.2 Å². The molecule has 0 saturated carbocycles. The summed E-state index contributed by atoms with van der Waals surface area (Å²) in [5, 5.41) is 3.30. The fourth-order valence-electron chi connectivity index (χ4n) is 2.74. The van der Waals surface area contributed by atoms with E-state index in [0.29, 0.717) is 5.91 Å². The maximum atomic E-state index is 12.4. The largest absolute Gasteiger partial charge is 0.341 e. The Morgan fingerprint density at radius 3 is 2.63 bits per heavy atom. The number of nitrogens with zero attached hydrogens (tertiary/aromatic N) is 1. The molecule has 3 nitrogen and oxygen atoms in total. The maximum absolute atomic E-state index is 12.4. The minimum absolute atomic E-state index is 0.206. The van der Waals surface area contributed by atoms with Crippen LogP contribution in [0.5, 0.6) is 0 Å². The van der Waals surface area contributed by atoms with Crippen molar-refractivity contribution < 1.29 is 4.79 Å². The van der Waals surface area contributed by atoms with Gasteiger partial charge in [0.25, 0.3) is 0 Å². The number of hydrogen-bond acceptors (Lipinski definition) is 2. The van der Waals surface area contributed by atoms with E-state index in [1.165, 1.54) is 16.7 Å². The number of piperidine rings is 1. The molecule has 104 valence electrons. The van der Waals surface area contributed by atoms with Crippen LogP contribution in [0, 0.1) is 19.8 Å². The molecule has 1 aromatic rings. The summed E-state index contributed by atoms with van der Waals surface area (Å²) < 4.78 is 0. The number of rotatable bonds is 3. The first-order valence-electron chi connectivity index (χ1n) is 7.10. The van der Waals surface area contributed by atoms with Gasteiger partial charge in [0.15, 0.2) is 0 Å². The van der Waals surface area contributed by atoms with Gasteiger partial charge in [-0.15, -0.1) is 0 Å². The Labute approximate surface area is 116 Å². The topological polar surface area (TPSA) is 32.3 Å². The zero-order valence-electron chi connectivity index (χ0n) is 12.2. The van der Waals surface area contributed by atoms with E-state index in [0.717, 1.165) is 32.5 Å². The van der Waals surface area contributed by atoms with Gasteiger partial charge in [-0.3, -0.25) is 4.79 Å². The molecule has 1 amide bonds. The molecule has 1 fully saturated rings. The molecule has 0 spiro atoms. The van der Waals surface area contributed by atoms with E-state index in [9.17, 15) is 4.79 Å². The van der Waals surface area contributed by atoms with Crippen molar-refractivity contribution in [1.82, 2.24) is 10.2 Å². The molecule has 0 atom stereocenters. The Morgan fingerprint density at radius 1 is 1.32 bits per heavy atom. The van der Waals surface area contributed by atoms with Gasteiger partial charge in [-0.05, 0) is 50.9 Å². The van der Waals surface area contributed by atoms with E-state index in [4.69, 9.17) is 0 Å². The SMILES string of the molecule is Cc1ccc(CN(C)C(=O)C2CCNCC2)c(C)c1. The average molecular weight is 260 g/mol. The highest BCUT2D eigenvalue weighted by atomic mass is 16.2. The molecule has 1 aliphatic heterocycles. The van der Waals surface area contributed by atoms with Crippen LogP contribution in [0.3, 0.4) is 0 Å². The number of benzene rings is 1. The number of amides is 1. The molecule has 1 saturated heterocycles. The van der Waals surface area contributed by atoms with Crippen LogP contribution < -0.4 is 5.32 Å². The van der Waals surface area contributed by atoms with Gasteiger partial charge in [-0.1, -0.05) is 23.8 Å². The second-order valence-electron chi connectivity index (χ2n) is 5.65. The van der Waals surface area contributed by atoms with Gasteiger partial charge in [0.05, 0.1) is 0 Å². The van der Waals surface area contributed by atoms with Gasteiger partial charge >= 0.3 is 0 Å². The predicted molar refractivity (Wildman–Crippen MR) is 78.0 cm³/mol. The summed E-state index contributed by atoms with van der Waals surface area (Å²) in [6, 6.07) is 6.43. The number of hydrogen-bond donors (Lipinski definition) is 1. The third kappa shape index (κ3) is 3.57. The smallest absolute Gasteiger partial charge is 0.225 e. The Balaban J connectivity index is 1.99. The molecule has 0 aromatic heterocycles. The van der Waals surface area contributed by atoms with E-state index in [2.05, 4.69) is 37.4 Å². The highest BCUT2D eigenvalue weighted by Gasteiger charge is 2.23. The van der Waals surface area contributed by atoms with Crippen molar-refractivity contribution in [3.8, 4) is 0 Å². The average Bonchev–Trinajstić information content (AvgIpc) is 2.42. The van der Waals surface area contributed by atoms with Crippen LogP contribution in [0.4, 0.5) is 0 Å². The molecule has 0 radical (unpaired) electrons. The van der Waals surface area contributed by atoms with Crippen LogP contribution in [0.1, 0.15) is 29.5 Å². The molecule has 1 aliphatic rings. The summed E-state index contributed by atoms with van der Waals surface area (Å²) in [6.07, 6.45) is 1.94. The lowest BCUT2D eigenvalue weighted by molar-refractivity contribution is -0.135. The predicted octanol–water partition coefficient (Wildman–Crippen LogP) is 2.26. The monoisotopic (exact) mass is 260 g/mol. The Hall–Kier alpha value is -1.35. The molecular weight excluding hydrogens is 236 g/mol. The van der Waals surface area contributed by atoms with E-state index in [-0.39, 0.29) is 5.92 Å². The van der Waals surface area contributed by atoms with Crippen LogP contribution in [-0.4, -0.2) is 30.9 Å². The number of carbonyl (C=O) groups is 1. The molecule has 2 rings (SSSR count). The van der Waals surface area contributed by atoms with Crippen LogP contribution in [0.2, 0.25) is 0 Å². The molecule has 19 heavy (non-hydrogen) atoms. The van der Waals surface area contributed by atoms with Gasteiger partial charge in [-0.25, -0.2) is 0 Å². The first-order chi connectivity index (χ1) is 9.08. The molecular formula is C16H24N2O. The third-order valence-corrected chi connectivity index (χ3v) is 3.97. The summed E-state index contributed by atoms with van der Waals surface area (Å²) in [4.78, 5) is 14.3. The van der Waals surface area contributed by atoms with Crippen LogP contribution in [0.25, 0.3) is 0 Å². The van der Waals surface area contributed by atoms with Gasteiger partial charge in [-0.2, -0.15) is 0 Å². The van der Waals surface area contributed by atoms with Gasteiger partial charge in [0.2, 0.25) is 5.91 Å². The van der Waals surface area contributed by atoms with E-state index in [1.54, 1.807) is 0 Å². The normalized spacial score (nSPS) is 16.4.